The van der Waals surface area contributed by atoms with Crippen molar-refractivity contribution >= 4 is 12.4 Å². The zero-order valence-corrected chi connectivity index (χ0v) is 12.2. The van der Waals surface area contributed by atoms with Gasteiger partial charge in [-0.1, -0.05) is 13.8 Å². The second-order valence-corrected chi connectivity index (χ2v) is 5.61. The van der Waals surface area contributed by atoms with E-state index >= 15 is 0 Å². The van der Waals surface area contributed by atoms with Gasteiger partial charge in [-0.25, -0.2) is 0 Å². The highest BCUT2D eigenvalue weighted by Crippen LogP contribution is 2.31. The molecule has 0 aromatic rings. The predicted molar refractivity (Wildman–Crippen MR) is 73.6 cm³/mol. The molecule has 0 spiro atoms. The van der Waals surface area contributed by atoms with Crippen molar-refractivity contribution in [2.75, 3.05) is 32.8 Å². The van der Waals surface area contributed by atoms with E-state index in [1.807, 2.05) is 0 Å². The van der Waals surface area contributed by atoms with E-state index in [9.17, 15) is 0 Å². The average molecular weight is 263 g/mol. The highest BCUT2D eigenvalue weighted by atomic mass is 35.5. The Bertz CT molecular complexity index is 221. The Morgan fingerprint density at radius 1 is 1.35 bits per heavy atom. The van der Waals surface area contributed by atoms with Crippen LogP contribution in [0.4, 0.5) is 0 Å². The minimum Gasteiger partial charge on any atom is -0.360 e. The summed E-state index contributed by atoms with van der Waals surface area (Å²) < 4.78 is 6.06. The number of halogens is 1. The third-order valence-corrected chi connectivity index (χ3v) is 4.28. The molecule has 0 bridgehead atoms. The minimum absolute atomic E-state index is 0. The van der Waals surface area contributed by atoms with Gasteiger partial charge in [0.2, 0.25) is 0 Å². The third kappa shape index (κ3) is 3.57. The molecule has 2 unspecified atom stereocenters. The Labute approximate surface area is 112 Å². The molecule has 0 saturated carbocycles. The fourth-order valence-corrected chi connectivity index (χ4v) is 2.86. The van der Waals surface area contributed by atoms with Gasteiger partial charge in [0.1, 0.15) is 5.72 Å². The van der Waals surface area contributed by atoms with Gasteiger partial charge in [0.25, 0.3) is 0 Å². The number of ether oxygens (including phenoxy) is 1. The molecule has 17 heavy (non-hydrogen) atoms. The summed E-state index contributed by atoms with van der Waals surface area (Å²) in [4.78, 5) is 2.53. The molecule has 0 radical (unpaired) electrons. The monoisotopic (exact) mass is 262 g/mol. The van der Waals surface area contributed by atoms with Gasteiger partial charge in [0.15, 0.2) is 0 Å². The summed E-state index contributed by atoms with van der Waals surface area (Å²) >= 11 is 0. The quantitative estimate of drug-likeness (QED) is 0.825. The normalized spacial score (nSPS) is 36.5. The molecule has 2 aliphatic heterocycles. The molecule has 2 rings (SSSR count). The summed E-state index contributed by atoms with van der Waals surface area (Å²) in [5.41, 5.74) is -0.0632. The van der Waals surface area contributed by atoms with E-state index < -0.39 is 0 Å². The van der Waals surface area contributed by atoms with E-state index in [0.717, 1.165) is 13.2 Å². The van der Waals surface area contributed by atoms with Gasteiger partial charge in [-0.3, -0.25) is 5.32 Å². The van der Waals surface area contributed by atoms with Crippen LogP contribution in [0.2, 0.25) is 0 Å². The van der Waals surface area contributed by atoms with Crippen molar-refractivity contribution in [2.24, 2.45) is 11.8 Å². The zero-order valence-electron chi connectivity index (χ0n) is 11.4. The third-order valence-electron chi connectivity index (χ3n) is 4.28. The van der Waals surface area contributed by atoms with Gasteiger partial charge in [-0.2, -0.15) is 0 Å². The van der Waals surface area contributed by atoms with Crippen LogP contribution in [0.15, 0.2) is 0 Å². The Balaban J connectivity index is 0.00000144. The van der Waals surface area contributed by atoms with Crippen LogP contribution in [-0.4, -0.2) is 43.4 Å². The molecule has 1 N–H and O–H groups in total. The molecule has 102 valence electrons. The molecule has 4 heteroatoms. The van der Waals surface area contributed by atoms with Crippen LogP contribution < -0.4 is 5.32 Å². The minimum atomic E-state index is -0.0632. The van der Waals surface area contributed by atoms with Gasteiger partial charge < -0.3 is 9.64 Å². The summed E-state index contributed by atoms with van der Waals surface area (Å²) in [6, 6.07) is 0. The maximum absolute atomic E-state index is 6.06. The van der Waals surface area contributed by atoms with E-state index in [0.29, 0.717) is 11.8 Å². The first-order valence-electron chi connectivity index (χ1n) is 6.75. The van der Waals surface area contributed by atoms with Crippen molar-refractivity contribution in [3.8, 4) is 0 Å². The van der Waals surface area contributed by atoms with Crippen molar-refractivity contribution in [2.45, 2.75) is 39.3 Å². The summed E-state index contributed by atoms with van der Waals surface area (Å²) in [6.07, 6.45) is 2.54. The van der Waals surface area contributed by atoms with Crippen LogP contribution in [0, 0.1) is 11.8 Å². The fraction of sp³-hybridized carbons (Fsp3) is 1.00. The summed E-state index contributed by atoms with van der Waals surface area (Å²) in [5.74, 6) is 1.34. The summed E-state index contributed by atoms with van der Waals surface area (Å²) in [6.45, 7) is 12.4. The standard InChI is InChI=1S/C13H26N2O.ClH/c1-4-15-7-5-12(6-8-15)13(3)14-9-11(2)10-16-13;/h11-12,14H,4-10H2,1-3H3;1H. The lowest BCUT2D eigenvalue weighted by Crippen LogP contribution is -2.58. The number of likely N-dealkylation sites (tertiary alicyclic amines) is 1. The highest BCUT2D eigenvalue weighted by Gasteiger charge is 2.39. The SMILES string of the molecule is CCN1CCC(C2(C)NCC(C)CO2)CC1.Cl. The smallest absolute Gasteiger partial charge is 0.119 e. The first-order chi connectivity index (χ1) is 7.64. The molecule has 2 aliphatic rings. The van der Waals surface area contributed by atoms with Gasteiger partial charge in [-0.05, 0) is 45.3 Å². The number of hydrogen-bond acceptors (Lipinski definition) is 3. The lowest BCUT2D eigenvalue weighted by molar-refractivity contribution is -0.145. The van der Waals surface area contributed by atoms with Gasteiger partial charge in [0, 0.05) is 12.5 Å². The molecule has 0 amide bonds. The van der Waals surface area contributed by atoms with Gasteiger partial charge >= 0.3 is 0 Å². The first-order valence-corrected chi connectivity index (χ1v) is 6.75. The van der Waals surface area contributed by atoms with E-state index in [4.69, 9.17) is 4.74 Å². The number of hydrogen-bond donors (Lipinski definition) is 1. The maximum Gasteiger partial charge on any atom is 0.119 e. The van der Waals surface area contributed by atoms with Crippen molar-refractivity contribution in [1.29, 1.82) is 0 Å². The first kappa shape index (κ1) is 15.2. The highest BCUT2D eigenvalue weighted by molar-refractivity contribution is 5.85. The topological polar surface area (TPSA) is 24.5 Å². The lowest BCUT2D eigenvalue weighted by Gasteiger charge is -2.46. The van der Waals surface area contributed by atoms with Crippen molar-refractivity contribution in [3.63, 3.8) is 0 Å². The zero-order chi connectivity index (χ0) is 11.6. The van der Waals surface area contributed by atoms with E-state index in [1.165, 1.54) is 32.5 Å². The maximum atomic E-state index is 6.06. The molecule has 3 nitrogen and oxygen atoms in total. The average Bonchev–Trinajstić information content (AvgIpc) is 2.33. The number of nitrogens with zero attached hydrogens (tertiary/aromatic N) is 1. The molecule has 0 aliphatic carbocycles. The van der Waals surface area contributed by atoms with Crippen LogP contribution in [0.25, 0.3) is 0 Å². The Hall–Kier alpha value is 0.170. The molecular weight excluding hydrogens is 236 g/mol. The van der Waals surface area contributed by atoms with Crippen LogP contribution in [-0.2, 0) is 4.74 Å². The molecule has 2 fully saturated rings. The van der Waals surface area contributed by atoms with Crippen molar-refractivity contribution < 1.29 is 4.74 Å². The number of piperidine rings is 1. The Morgan fingerprint density at radius 2 is 2.00 bits per heavy atom. The molecule has 2 heterocycles. The summed E-state index contributed by atoms with van der Waals surface area (Å²) in [5, 5.41) is 3.61. The van der Waals surface area contributed by atoms with Crippen molar-refractivity contribution in [1.82, 2.24) is 10.2 Å². The fourth-order valence-electron chi connectivity index (χ4n) is 2.86. The van der Waals surface area contributed by atoms with Crippen LogP contribution >= 0.6 is 12.4 Å². The largest absolute Gasteiger partial charge is 0.360 e. The Kier molecular flexibility index (Phi) is 5.71. The second-order valence-electron chi connectivity index (χ2n) is 5.61. The van der Waals surface area contributed by atoms with Crippen molar-refractivity contribution in [3.05, 3.63) is 0 Å². The van der Waals surface area contributed by atoms with E-state index in [2.05, 4.69) is 31.0 Å². The lowest BCUT2D eigenvalue weighted by atomic mass is 9.86. The number of rotatable bonds is 2. The second kappa shape index (κ2) is 6.37. The van der Waals surface area contributed by atoms with Gasteiger partial charge in [0.05, 0.1) is 6.61 Å². The molecule has 2 saturated heterocycles. The van der Waals surface area contributed by atoms with Gasteiger partial charge in [-0.15, -0.1) is 12.4 Å². The van der Waals surface area contributed by atoms with E-state index in [1.54, 1.807) is 0 Å². The van der Waals surface area contributed by atoms with E-state index in [-0.39, 0.29) is 18.1 Å². The summed E-state index contributed by atoms with van der Waals surface area (Å²) in [7, 11) is 0. The van der Waals surface area contributed by atoms with Crippen LogP contribution in [0.1, 0.15) is 33.6 Å². The molecule has 2 atom stereocenters. The Morgan fingerprint density at radius 3 is 2.47 bits per heavy atom. The molecular formula is C13H27ClN2O. The van der Waals surface area contributed by atoms with Crippen LogP contribution in [0.5, 0.6) is 0 Å². The molecule has 0 aromatic heterocycles. The molecule has 0 aromatic carbocycles. The number of nitrogens with one attached hydrogen (secondary N) is 1. The van der Waals surface area contributed by atoms with Crippen LogP contribution in [0.3, 0.4) is 0 Å². The predicted octanol–water partition coefficient (Wildman–Crippen LogP) is 2.11.